The third-order valence-electron chi connectivity index (χ3n) is 4.71. The van der Waals surface area contributed by atoms with Gasteiger partial charge in [-0.25, -0.2) is 4.39 Å². The lowest BCUT2D eigenvalue weighted by atomic mass is 10.2. The standard InChI is InChI=1S/C22H21FN4O/c23-17-4-3-5-19(13-17)25-20-12-16(14-24-15-20)22(28)26-18-6-8-21(9-7-18)27-10-1-2-11-27/h3-9,12-15,25H,1-2,10-11H2,(H,26,28). The number of halogens is 1. The molecule has 1 saturated heterocycles. The van der Waals surface area contributed by atoms with E-state index in [9.17, 15) is 9.18 Å². The maximum atomic E-state index is 13.3. The number of hydrogen-bond donors (Lipinski definition) is 2. The van der Waals surface area contributed by atoms with Gasteiger partial charge in [0, 0.05) is 36.3 Å². The SMILES string of the molecule is O=C(Nc1ccc(N2CCCC2)cc1)c1cncc(Nc2cccc(F)c2)c1. The van der Waals surface area contributed by atoms with Crippen molar-refractivity contribution in [2.45, 2.75) is 12.8 Å². The molecule has 0 radical (unpaired) electrons. The zero-order valence-corrected chi connectivity index (χ0v) is 15.4. The Morgan fingerprint density at radius 3 is 2.46 bits per heavy atom. The van der Waals surface area contributed by atoms with E-state index in [1.807, 2.05) is 24.3 Å². The second-order valence-corrected chi connectivity index (χ2v) is 6.79. The predicted molar refractivity (Wildman–Crippen MR) is 110 cm³/mol. The van der Waals surface area contributed by atoms with Gasteiger partial charge in [-0.1, -0.05) is 6.07 Å². The molecule has 0 atom stereocenters. The lowest BCUT2D eigenvalue weighted by Crippen LogP contribution is -2.17. The monoisotopic (exact) mass is 376 g/mol. The molecule has 1 amide bonds. The number of carbonyl (C=O) groups is 1. The Kier molecular flexibility index (Phi) is 5.19. The topological polar surface area (TPSA) is 57.3 Å². The number of pyridine rings is 1. The fraction of sp³-hybridized carbons (Fsp3) is 0.182. The largest absolute Gasteiger partial charge is 0.372 e. The van der Waals surface area contributed by atoms with Crippen molar-refractivity contribution in [3.05, 3.63) is 78.4 Å². The van der Waals surface area contributed by atoms with E-state index >= 15 is 0 Å². The summed E-state index contributed by atoms with van der Waals surface area (Å²) in [6, 6.07) is 15.7. The van der Waals surface area contributed by atoms with Crippen LogP contribution in [0.15, 0.2) is 67.0 Å². The van der Waals surface area contributed by atoms with E-state index in [0.717, 1.165) is 18.8 Å². The van der Waals surface area contributed by atoms with E-state index in [-0.39, 0.29) is 11.7 Å². The second-order valence-electron chi connectivity index (χ2n) is 6.79. The molecule has 2 N–H and O–H groups in total. The molecule has 1 fully saturated rings. The number of amides is 1. The van der Waals surface area contributed by atoms with E-state index in [1.165, 1.54) is 36.9 Å². The number of carbonyl (C=O) groups excluding carboxylic acids is 1. The molecule has 0 bridgehead atoms. The van der Waals surface area contributed by atoms with Crippen LogP contribution in [0.3, 0.4) is 0 Å². The first-order valence-corrected chi connectivity index (χ1v) is 9.31. The summed E-state index contributed by atoms with van der Waals surface area (Å²) in [6.07, 6.45) is 5.55. The summed E-state index contributed by atoms with van der Waals surface area (Å²) in [5.41, 5.74) is 3.54. The molecule has 0 spiro atoms. The van der Waals surface area contributed by atoms with Crippen molar-refractivity contribution in [2.24, 2.45) is 0 Å². The van der Waals surface area contributed by atoms with Crippen LogP contribution in [0.2, 0.25) is 0 Å². The van der Waals surface area contributed by atoms with Gasteiger partial charge in [-0.15, -0.1) is 0 Å². The van der Waals surface area contributed by atoms with Gasteiger partial charge in [0.05, 0.1) is 17.4 Å². The van der Waals surface area contributed by atoms with Crippen molar-refractivity contribution in [1.82, 2.24) is 4.98 Å². The summed E-state index contributed by atoms with van der Waals surface area (Å²) in [5, 5.41) is 5.95. The Labute approximate surface area is 163 Å². The minimum atomic E-state index is -0.329. The number of aromatic nitrogens is 1. The summed E-state index contributed by atoms with van der Waals surface area (Å²) in [7, 11) is 0. The molecule has 28 heavy (non-hydrogen) atoms. The number of benzene rings is 2. The fourth-order valence-corrected chi connectivity index (χ4v) is 3.30. The quantitative estimate of drug-likeness (QED) is 0.670. The van der Waals surface area contributed by atoms with Crippen LogP contribution in [0, 0.1) is 5.82 Å². The number of rotatable bonds is 5. The van der Waals surface area contributed by atoms with E-state index in [2.05, 4.69) is 20.5 Å². The van der Waals surface area contributed by atoms with Crippen LogP contribution in [0.5, 0.6) is 0 Å². The zero-order valence-electron chi connectivity index (χ0n) is 15.4. The van der Waals surface area contributed by atoms with Gasteiger partial charge in [0.1, 0.15) is 5.82 Å². The zero-order chi connectivity index (χ0) is 19.3. The highest BCUT2D eigenvalue weighted by molar-refractivity contribution is 6.04. The summed E-state index contributed by atoms with van der Waals surface area (Å²) < 4.78 is 13.3. The van der Waals surface area contributed by atoms with Gasteiger partial charge in [0.25, 0.3) is 5.91 Å². The van der Waals surface area contributed by atoms with Gasteiger partial charge in [-0.05, 0) is 61.4 Å². The smallest absolute Gasteiger partial charge is 0.257 e. The van der Waals surface area contributed by atoms with Crippen molar-refractivity contribution < 1.29 is 9.18 Å². The first-order valence-electron chi connectivity index (χ1n) is 9.31. The van der Waals surface area contributed by atoms with Crippen molar-refractivity contribution in [3.63, 3.8) is 0 Å². The average Bonchev–Trinajstić information content (AvgIpc) is 3.24. The minimum Gasteiger partial charge on any atom is -0.372 e. The maximum Gasteiger partial charge on any atom is 0.257 e. The molecule has 142 valence electrons. The van der Waals surface area contributed by atoms with Gasteiger partial charge in [0.15, 0.2) is 0 Å². The number of anilines is 4. The molecule has 1 aliphatic rings. The molecule has 0 saturated carbocycles. The Balaban J connectivity index is 1.43. The van der Waals surface area contributed by atoms with Crippen LogP contribution < -0.4 is 15.5 Å². The number of hydrogen-bond acceptors (Lipinski definition) is 4. The van der Waals surface area contributed by atoms with Crippen LogP contribution in [0.25, 0.3) is 0 Å². The highest BCUT2D eigenvalue weighted by atomic mass is 19.1. The fourth-order valence-electron chi connectivity index (χ4n) is 3.30. The lowest BCUT2D eigenvalue weighted by Gasteiger charge is -2.17. The molecule has 3 aromatic rings. The van der Waals surface area contributed by atoms with Crippen molar-refractivity contribution >= 4 is 28.7 Å². The van der Waals surface area contributed by atoms with Gasteiger partial charge >= 0.3 is 0 Å². The van der Waals surface area contributed by atoms with Crippen molar-refractivity contribution in [2.75, 3.05) is 28.6 Å². The van der Waals surface area contributed by atoms with Crippen LogP contribution in [0.1, 0.15) is 23.2 Å². The Morgan fingerprint density at radius 2 is 1.71 bits per heavy atom. The van der Waals surface area contributed by atoms with Crippen LogP contribution in [-0.4, -0.2) is 24.0 Å². The van der Waals surface area contributed by atoms with Gasteiger partial charge in [0.2, 0.25) is 0 Å². The Morgan fingerprint density at radius 1 is 0.929 bits per heavy atom. The van der Waals surface area contributed by atoms with Crippen LogP contribution in [0.4, 0.5) is 27.1 Å². The van der Waals surface area contributed by atoms with E-state index < -0.39 is 0 Å². The number of nitrogens with one attached hydrogen (secondary N) is 2. The molecule has 0 aliphatic carbocycles. The average molecular weight is 376 g/mol. The normalized spacial score (nSPS) is 13.4. The predicted octanol–water partition coefficient (Wildman–Crippen LogP) is 4.82. The molecule has 0 unspecified atom stereocenters. The minimum absolute atomic E-state index is 0.246. The summed E-state index contributed by atoms with van der Waals surface area (Å²) >= 11 is 0. The highest BCUT2D eigenvalue weighted by Gasteiger charge is 2.13. The molecule has 1 aromatic heterocycles. The highest BCUT2D eigenvalue weighted by Crippen LogP contribution is 2.23. The lowest BCUT2D eigenvalue weighted by molar-refractivity contribution is 0.102. The van der Waals surface area contributed by atoms with E-state index in [4.69, 9.17) is 0 Å². The van der Waals surface area contributed by atoms with Crippen LogP contribution in [-0.2, 0) is 0 Å². The maximum absolute atomic E-state index is 13.3. The van der Waals surface area contributed by atoms with E-state index in [1.54, 1.807) is 24.4 Å². The third kappa shape index (κ3) is 4.28. The molecule has 4 rings (SSSR count). The van der Waals surface area contributed by atoms with Gasteiger partial charge in [-0.3, -0.25) is 9.78 Å². The summed E-state index contributed by atoms with van der Waals surface area (Å²) in [6.45, 7) is 2.17. The molecular weight excluding hydrogens is 355 g/mol. The van der Waals surface area contributed by atoms with Gasteiger partial charge < -0.3 is 15.5 Å². The molecule has 2 aromatic carbocycles. The second kappa shape index (κ2) is 8.08. The first kappa shape index (κ1) is 18.0. The van der Waals surface area contributed by atoms with Gasteiger partial charge in [-0.2, -0.15) is 0 Å². The number of nitrogens with zero attached hydrogens (tertiary/aromatic N) is 2. The third-order valence-corrected chi connectivity index (χ3v) is 4.71. The summed E-state index contributed by atoms with van der Waals surface area (Å²) in [4.78, 5) is 19.0. The molecule has 5 nitrogen and oxygen atoms in total. The first-order chi connectivity index (χ1) is 13.7. The molecular formula is C22H21FN4O. The van der Waals surface area contributed by atoms with E-state index in [0.29, 0.717) is 16.9 Å². The van der Waals surface area contributed by atoms with Crippen molar-refractivity contribution in [1.29, 1.82) is 0 Å². The molecule has 6 heteroatoms. The molecule has 2 heterocycles. The Hall–Kier alpha value is -3.41. The van der Waals surface area contributed by atoms with Crippen LogP contribution >= 0.6 is 0 Å². The Bertz CT molecular complexity index is 968. The van der Waals surface area contributed by atoms with Crippen molar-refractivity contribution in [3.8, 4) is 0 Å². The molecule has 1 aliphatic heterocycles. The summed E-state index contributed by atoms with van der Waals surface area (Å²) in [5.74, 6) is -0.575.